The van der Waals surface area contributed by atoms with Gasteiger partial charge >= 0.3 is 0 Å². The first kappa shape index (κ1) is 24.6. The molecule has 0 bridgehead atoms. The van der Waals surface area contributed by atoms with E-state index in [9.17, 15) is 9.59 Å². The fraction of sp³-hybridized carbons (Fsp3) is 0.320. The van der Waals surface area contributed by atoms with Gasteiger partial charge in [0.05, 0.1) is 28.0 Å². The first-order valence-electron chi connectivity index (χ1n) is 11.0. The highest BCUT2D eigenvalue weighted by molar-refractivity contribution is 7.98. The number of anilines is 1. The zero-order valence-corrected chi connectivity index (χ0v) is 21.8. The van der Waals surface area contributed by atoms with Gasteiger partial charge in [0.1, 0.15) is 0 Å². The van der Waals surface area contributed by atoms with E-state index in [2.05, 4.69) is 5.32 Å². The zero-order valence-electron chi connectivity index (χ0n) is 19.4. The van der Waals surface area contributed by atoms with Crippen LogP contribution in [0.4, 0.5) is 5.95 Å². The molecule has 0 fully saturated rings. The monoisotopic (exact) mass is 516 g/mol. The van der Waals surface area contributed by atoms with Crippen molar-refractivity contribution in [2.45, 2.75) is 44.2 Å². The minimum absolute atomic E-state index is 0.0663. The molecule has 0 saturated carbocycles. The Balaban J connectivity index is 1.77. The number of carbonyl (C=O) groups excluding carboxylic acids is 1. The molecule has 34 heavy (non-hydrogen) atoms. The van der Waals surface area contributed by atoms with Gasteiger partial charge in [-0.25, -0.2) is 9.55 Å². The molecule has 0 saturated heterocycles. The summed E-state index contributed by atoms with van der Waals surface area (Å²) in [5.41, 5.74) is 2.34. The van der Waals surface area contributed by atoms with Crippen LogP contribution in [0.25, 0.3) is 5.69 Å². The Labute approximate surface area is 213 Å². The molecule has 1 amide bonds. The summed E-state index contributed by atoms with van der Waals surface area (Å²) in [5.74, 6) is 0.111. The zero-order chi connectivity index (χ0) is 24.6. The van der Waals surface area contributed by atoms with Crippen LogP contribution in [0.5, 0.6) is 0 Å². The molecular weight excluding hydrogens is 491 g/mol. The second-order valence-electron chi connectivity index (χ2n) is 8.65. The molecule has 1 aromatic heterocycles. The van der Waals surface area contributed by atoms with Gasteiger partial charge in [0.2, 0.25) is 5.95 Å². The number of nitrogens with one attached hydrogen (secondary N) is 1. The Morgan fingerprint density at radius 3 is 2.47 bits per heavy atom. The first-order valence-corrected chi connectivity index (χ1v) is 13.0. The minimum atomic E-state index is -0.180. The first-order chi connectivity index (χ1) is 16.2. The van der Waals surface area contributed by atoms with Crippen molar-refractivity contribution in [3.63, 3.8) is 0 Å². The van der Waals surface area contributed by atoms with Gasteiger partial charge in [-0.1, -0.05) is 30.1 Å². The average molecular weight is 517 g/mol. The van der Waals surface area contributed by atoms with Crippen LogP contribution < -0.4 is 10.9 Å². The number of aromatic nitrogens is 2. The van der Waals surface area contributed by atoms with Crippen molar-refractivity contribution in [2.75, 3.05) is 18.1 Å². The van der Waals surface area contributed by atoms with Crippen molar-refractivity contribution in [2.24, 2.45) is 0 Å². The summed E-state index contributed by atoms with van der Waals surface area (Å²) in [6.45, 7) is 6.59. The lowest BCUT2D eigenvalue weighted by Gasteiger charge is -2.33. The molecular formula is C25H26Cl2N4O2S. The Morgan fingerprint density at radius 1 is 1.15 bits per heavy atom. The maximum Gasteiger partial charge on any atom is 0.263 e. The summed E-state index contributed by atoms with van der Waals surface area (Å²) in [7, 11) is 0. The number of hydrogen-bond donors (Lipinski definition) is 1. The molecule has 0 radical (unpaired) electrons. The molecule has 3 aromatic rings. The van der Waals surface area contributed by atoms with Crippen LogP contribution in [0.1, 0.15) is 48.3 Å². The molecule has 2 aromatic carbocycles. The molecule has 1 unspecified atom stereocenters. The van der Waals surface area contributed by atoms with E-state index in [-0.39, 0.29) is 30.0 Å². The van der Waals surface area contributed by atoms with Gasteiger partial charge in [-0.05, 0) is 62.6 Å². The lowest BCUT2D eigenvalue weighted by Crippen LogP contribution is -2.42. The number of nitrogens with zero attached hydrogens (tertiary/aromatic N) is 3. The summed E-state index contributed by atoms with van der Waals surface area (Å²) in [5, 5.41) is 4.03. The summed E-state index contributed by atoms with van der Waals surface area (Å²) >= 11 is 13.8. The SMILES string of the molecule is CSc1ccc(-n2c(NC(C)C)nc3c(c2=O)C(C)CN(C(=O)c2ccc(Cl)c(Cl)c2)C3)cc1. The lowest BCUT2D eigenvalue weighted by molar-refractivity contribution is 0.0716. The number of rotatable bonds is 5. The third-order valence-corrected chi connectivity index (χ3v) is 7.21. The third kappa shape index (κ3) is 4.83. The van der Waals surface area contributed by atoms with E-state index >= 15 is 0 Å². The number of hydrogen-bond acceptors (Lipinski definition) is 5. The van der Waals surface area contributed by atoms with Crippen molar-refractivity contribution in [3.8, 4) is 5.69 Å². The molecule has 6 nitrogen and oxygen atoms in total. The molecule has 4 rings (SSSR count). The number of fused-ring (bicyclic) bond motifs is 1. The molecule has 0 aliphatic carbocycles. The van der Waals surface area contributed by atoms with Gasteiger partial charge in [0.15, 0.2) is 0 Å². The van der Waals surface area contributed by atoms with Gasteiger partial charge in [-0.2, -0.15) is 0 Å². The van der Waals surface area contributed by atoms with E-state index in [1.54, 1.807) is 39.4 Å². The van der Waals surface area contributed by atoms with E-state index in [1.165, 1.54) is 0 Å². The Kier molecular flexibility index (Phi) is 7.26. The average Bonchev–Trinajstić information content (AvgIpc) is 2.80. The predicted molar refractivity (Wildman–Crippen MR) is 140 cm³/mol. The van der Waals surface area contributed by atoms with Crippen molar-refractivity contribution in [1.82, 2.24) is 14.5 Å². The molecule has 1 atom stereocenters. The van der Waals surface area contributed by atoms with Gasteiger partial charge in [-0.15, -0.1) is 11.8 Å². The second-order valence-corrected chi connectivity index (χ2v) is 10.3. The van der Waals surface area contributed by atoms with Crippen molar-refractivity contribution >= 4 is 46.8 Å². The fourth-order valence-electron chi connectivity index (χ4n) is 4.15. The Hall–Kier alpha value is -2.48. The minimum Gasteiger partial charge on any atom is -0.353 e. The highest BCUT2D eigenvalue weighted by atomic mass is 35.5. The van der Waals surface area contributed by atoms with Crippen LogP contribution in [-0.2, 0) is 6.54 Å². The van der Waals surface area contributed by atoms with Crippen LogP contribution in [0.3, 0.4) is 0 Å². The highest BCUT2D eigenvalue weighted by Gasteiger charge is 2.32. The number of benzene rings is 2. The van der Waals surface area contributed by atoms with Crippen LogP contribution >= 0.6 is 35.0 Å². The van der Waals surface area contributed by atoms with Gasteiger partial charge in [0, 0.05) is 34.5 Å². The number of carbonyl (C=O) groups is 1. The number of halogens is 2. The van der Waals surface area contributed by atoms with Crippen LogP contribution in [0, 0.1) is 0 Å². The van der Waals surface area contributed by atoms with Crippen molar-refractivity contribution in [1.29, 1.82) is 0 Å². The van der Waals surface area contributed by atoms with Crippen LogP contribution in [-0.4, -0.2) is 39.2 Å². The topological polar surface area (TPSA) is 67.2 Å². The maximum atomic E-state index is 13.8. The highest BCUT2D eigenvalue weighted by Crippen LogP contribution is 2.29. The molecule has 1 aliphatic rings. The van der Waals surface area contributed by atoms with E-state index < -0.39 is 0 Å². The molecule has 9 heteroatoms. The Morgan fingerprint density at radius 2 is 1.85 bits per heavy atom. The van der Waals surface area contributed by atoms with E-state index in [4.69, 9.17) is 28.2 Å². The van der Waals surface area contributed by atoms with E-state index in [0.717, 1.165) is 10.6 Å². The molecule has 2 heterocycles. The number of thioether (sulfide) groups is 1. The largest absolute Gasteiger partial charge is 0.353 e. The van der Waals surface area contributed by atoms with Gasteiger partial charge in [-0.3, -0.25) is 9.59 Å². The van der Waals surface area contributed by atoms with E-state index in [0.29, 0.717) is 39.4 Å². The molecule has 0 spiro atoms. The summed E-state index contributed by atoms with van der Waals surface area (Å²) < 4.78 is 1.63. The van der Waals surface area contributed by atoms with Gasteiger partial charge in [0.25, 0.3) is 11.5 Å². The van der Waals surface area contributed by atoms with Crippen molar-refractivity contribution in [3.05, 3.63) is 79.7 Å². The maximum absolute atomic E-state index is 13.8. The summed E-state index contributed by atoms with van der Waals surface area (Å²) in [6.07, 6.45) is 2.01. The summed E-state index contributed by atoms with van der Waals surface area (Å²) in [4.78, 5) is 34.6. The standard InChI is InChI=1S/C25H26Cl2N4O2S/c1-14(2)28-25-29-21-13-30(23(32)16-5-10-19(26)20(27)11-16)12-15(3)22(21)24(33)31(25)17-6-8-18(34-4)9-7-17/h5-11,14-15H,12-13H2,1-4H3,(H,28,29). The molecule has 1 aliphatic heterocycles. The normalized spacial score (nSPS) is 15.4. The van der Waals surface area contributed by atoms with E-state index in [1.807, 2.05) is 51.3 Å². The third-order valence-electron chi connectivity index (χ3n) is 5.73. The number of amides is 1. The fourth-order valence-corrected chi connectivity index (χ4v) is 4.86. The van der Waals surface area contributed by atoms with Crippen LogP contribution in [0.2, 0.25) is 10.0 Å². The quantitative estimate of drug-likeness (QED) is 0.431. The molecule has 1 N–H and O–H groups in total. The predicted octanol–water partition coefficient (Wildman–Crippen LogP) is 5.84. The van der Waals surface area contributed by atoms with Gasteiger partial charge < -0.3 is 10.2 Å². The summed E-state index contributed by atoms with van der Waals surface area (Å²) in [6, 6.07) is 12.8. The second kappa shape index (κ2) is 10.0. The lowest BCUT2D eigenvalue weighted by atomic mass is 9.95. The van der Waals surface area contributed by atoms with Crippen LogP contribution in [0.15, 0.2) is 52.2 Å². The molecule has 178 valence electrons. The van der Waals surface area contributed by atoms with Crippen molar-refractivity contribution < 1.29 is 4.79 Å². The smallest absolute Gasteiger partial charge is 0.263 e. The Bertz CT molecular complexity index is 1290.